The third-order valence-electron chi connectivity index (χ3n) is 3.00. The van der Waals surface area contributed by atoms with Crippen LogP contribution in [-0.4, -0.2) is 26.0 Å². The summed E-state index contributed by atoms with van der Waals surface area (Å²) in [6.45, 7) is 0. The van der Waals surface area contributed by atoms with Gasteiger partial charge in [0, 0.05) is 11.3 Å². The molecule has 18 heavy (non-hydrogen) atoms. The molecule has 2 rings (SSSR count). The fourth-order valence-corrected chi connectivity index (χ4v) is 5.26. The molecule has 0 amide bonds. The molecule has 0 bridgehead atoms. The molecule has 0 saturated heterocycles. The first-order chi connectivity index (χ1) is 8.55. The Morgan fingerprint density at radius 3 is 2.83 bits per heavy atom. The lowest BCUT2D eigenvalue weighted by Gasteiger charge is -2.11. The Hall–Kier alpha value is -0.550. The third-order valence-corrected chi connectivity index (χ3v) is 7.09. The minimum atomic E-state index is -3.46. The molecule has 1 aliphatic carbocycles. The second-order valence-electron chi connectivity index (χ2n) is 4.22. The number of hydrogen-bond acceptors (Lipinski definition) is 5. The Bertz CT molecular complexity index is 559. The van der Waals surface area contributed by atoms with E-state index in [0.29, 0.717) is 10.1 Å². The number of thioether (sulfide) groups is 1. The molecule has 0 aliphatic heterocycles. The molecular weight excluding hydrogens is 288 g/mol. The molecule has 1 aliphatic rings. The molecule has 7 heteroatoms. The predicted octanol–water partition coefficient (Wildman–Crippen LogP) is 2.18. The van der Waals surface area contributed by atoms with Crippen LogP contribution in [0.15, 0.2) is 16.3 Å². The van der Waals surface area contributed by atoms with Gasteiger partial charge >= 0.3 is 0 Å². The van der Waals surface area contributed by atoms with Crippen molar-refractivity contribution in [3.05, 3.63) is 17.0 Å². The Kier molecular flexibility index (Phi) is 4.33. The zero-order chi connectivity index (χ0) is 13.2. The summed E-state index contributed by atoms with van der Waals surface area (Å²) < 4.78 is 27.2. The van der Waals surface area contributed by atoms with Crippen LogP contribution >= 0.6 is 23.1 Å². The van der Waals surface area contributed by atoms with Crippen molar-refractivity contribution >= 4 is 33.1 Å². The Balaban J connectivity index is 2.06. The summed E-state index contributed by atoms with van der Waals surface area (Å²) >= 11 is 2.80. The van der Waals surface area contributed by atoms with Crippen molar-refractivity contribution < 1.29 is 8.42 Å². The molecule has 2 unspecified atom stereocenters. The van der Waals surface area contributed by atoms with E-state index in [2.05, 4.69) is 11.0 Å². The first-order valence-corrected chi connectivity index (χ1v) is 9.19. The monoisotopic (exact) mass is 302 g/mol. The van der Waals surface area contributed by atoms with Crippen LogP contribution in [0.5, 0.6) is 0 Å². The van der Waals surface area contributed by atoms with Gasteiger partial charge < -0.3 is 0 Å². The highest BCUT2D eigenvalue weighted by Crippen LogP contribution is 2.30. The molecule has 1 saturated carbocycles. The maximum Gasteiger partial charge on any atom is 0.250 e. The lowest BCUT2D eigenvalue weighted by Crippen LogP contribution is -2.32. The molecule has 4 nitrogen and oxygen atoms in total. The highest BCUT2D eigenvalue weighted by molar-refractivity contribution is 7.99. The quantitative estimate of drug-likeness (QED) is 0.925. The lowest BCUT2D eigenvalue weighted by atomic mass is 10.3. The van der Waals surface area contributed by atoms with Crippen LogP contribution in [0.2, 0.25) is 0 Å². The fraction of sp³-hybridized carbons (Fsp3) is 0.545. The van der Waals surface area contributed by atoms with E-state index in [0.717, 1.165) is 30.6 Å². The van der Waals surface area contributed by atoms with Gasteiger partial charge in [-0.05, 0) is 37.7 Å². The molecular formula is C11H14N2O2S3. The van der Waals surface area contributed by atoms with Crippen LogP contribution in [0, 0.1) is 11.3 Å². The summed E-state index contributed by atoms with van der Waals surface area (Å²) in [4.78, 5) is 0.420. The summed E-state index contributed by atoms with van der Waals surface area (Å²) in [6.07, 6.45) is 4.89. The van der Waals surface area contributed by atoms with E-state index >= 15 is 0 Å². The minimum absolute atomic E-state index is 0.0279. The second-order valence-corrected chi connectivity index (χ2v) is 8.38. The maximum absolute atomic E-state index is 12.1. The number of hydrogen-bond donors (Lipinski definition) is 1. The molecule has 98 valence electrons. The van der Waals surface area contributed by atoms with Crippen LogP contribution in [0.4, 0.5) is 0 Å². The molecule has 0 radical (unpaired) electrons. The molecule has 1 aromatic heterocycles. The van der Waals surface area contributed by atoms with E-state index in [1.54, 1.807) is 17.8 Å². The average Bonchev–Trinajstić information content (AvgIpc) is 2.96. The van der Waals surface area contributed by atoms with Gasteiger partial charge in [-0.15, -0.1) is 11.3 Å². The maximum atomic E-state index is 12.1. The smallest absolute Gasteiger partial charge is 0.207 e. The minimum Gasteiger partial charge on any atom is -0.207 e. The topological polar surface area (TPSA) is 70.0 Å². The summed E-state index contributed by atoms with van der Waals surface area (Å²) in [5.74, 6) is 0. The van der Waals surface area contributed by atoms with Crippen LogP contribution in [0.25, 0.3) is 0 Å². The molecule has 1 heterocycles. The van der Waals surface area contributed by atoms with E-state index < -0.39 is 10.0 Å². The summed E-state index contributed by atoms with van der Waals surface area (Å²) in [6, 6.07) is 5.01. The van der Waals surface area contributed by atoms with Crippen LogP contribution < -0.4 is 4.72 Å². The normalized spacial score (nSPS) is 24.0. The van der Waals surface area contributed by atoms with Gasteiger partial charge in [-0.3, -0.25) is 0 Å². The number of thiophene rings is 1. The zero-order valence-corrected chi connectivity index (χ0v) is 12.4. The highest BCUT2D eigenvalue weighted by atomic mass is 32.2. The third kappa shape index (κ3) is 3.06. The fourth-order valence-electron chi connectivity index (χ4n) is 2.06. The molecule has 0 aromatic carbocycles. The first kappa shape index (κ1) is 13.9. The van der Waals surface area contributed by atoms with Gasteiger partial charge in [0.25, 0.3) is 0 Å². The van der Waals surface area contributed by atoms with Crippen molar-refractivity contribution in [3.8, 4) is 6.07 Å². The standard InChI is InChI=1S/C11H14N2O2S3/c1-16-9-3-2-8(6-9)13-18(14,15)11-5-4-10(7-12)17-11/h4-5,8-9,13H,2-3,6H2,1H3. The van der Waals surface area contributed by atoms with Crippen LogP contribution in [0.1, 0.15) is 24.1 Å². The second kappa shape index (κ2) is 5.61. The van der Waals surface area contributed by atoms with Crippen molar-refractivity contribution in [2.75, 3.05) is 6.26 Å². The number of sulfonamides is 1. The van der Waals surface area contributed by atoms with Crippen molar-refractivity contribution in [2.24, 2.45) is 0 Å². The van der Waals surface area contributed by atoms with E-state index in [4.69, 9.17) is 5.26 Å². The van der Waals surface area contributed by atoms with Gasteiger partial charge in [-0.2, -0.15) is 17.0 Å². The van der Waals surface area contributed by atoms with Crippen LogP contribution in [0.3, 0.4) is 0 Å². The van der Waals surface area contributed by atoms with Gasteiger partial charge in [-0.25, -0.2) is 13.1 Å². The molecule has 0 spiro atoms. The highest BCUT2D eigenvalue weighted by Gasteiger charge is 2.28. The van der Waals surface area contributed by atoms with Gasteiger partial charge in [0.15, 0.2) is 0 Å². The SMILES string of the molecule is CSC1CCC(NS(=O)(=O)c2ccc(C#N)s2)C1. The first-order valence-electron chi connectivity index (χ1n) is 5.60. The van der Waals surface area contributed by atoms with Gasteiger partial charge in [0.05, 0.1) is 0 Å². The van der Waals surface area contributed by atoms with Crippen LogP contribution in [-0.2, 0) is 10.0 Å². The Labute approximate surface area is 115 Å². The summed E-state index contributed by atoms with van der Waals surface area (Å²) in [7, 11) is -3.46. The Morgan fingerprint density at radius 1 is 1.50 bits per heavy atom. The van der Waals surface area contributed by atoms with Gasteiger partial charge in [-0.1, -0.05) is 0 Å². The number of nitriles is 1. The van der Waals surface area contributed by atoms with E-state index in [-0.39, 0.29) is 10.3 Å². The molecule has 2 atom stereocenters. The number of nitrogens with one attached hydrogen (secondary N) is 1. The van der Waals surface area contributed by atoms with Crippen molar-refractivity contribution in [1.29, 1.82) is 5.26 Å². The largest absolute Gasteiger partial charge is 0.250 e. The molecule has 1 fully saturated rings. The summed E-state index contributed by atoms with van der Waals surface area (Å²) in [5, 5.41) is 9.26. The number of rotatable bonds is 4. The van der Waals surface area contributed by atoms with Crippen molar-refractivity contribution in [2.45, 2.75) is 34.8 Å². The number of nitrogens with zero attached hydrogens (tertiary/aromatic N) is 1. The van der Waals surface area contributed by atoms with Gasteiger partial charge in [0.1, 0.15) is 15.2 Å². The van der Waals surface area contributed by atoms with E-state index in [1.165, 1.54) is 6.07 Å². The van der Waals surface area contributed by atoms with Crippen molar-refractivity contribution in [1.82, 2.24) is 4.72 Å². The predicted molar refractivity (Wildman–Crippen MR) is 74.3 cm³/mol. The zero-order valence-electron chi connectivity index (χ0n) is 9.92. The van der Waals surface area contributed by atoms with E-state index in [9.17, 15) is 8.42 Å². The van der Waals surface area contributed by atoms with Gasteiger partial charge in [0.2, 0.25) is 10.0 Å². The average molecular weight is 302 g/mol. The van der Waals surface area contributed by atoms with E-state index in [1.807, 2.05) is 6.07 Å². The lowest BCUT2D eigenvalue weighted by molar-refractivity contribution is 0.554. The summed E-state index contributed by atoms with van der Waals surface area (Å²) in [5.41, 5.74) is 0. The molecule has 1 aromatic rings. The Morgan fingerprint density at radius 2 is 2.28 bits per heavy atom. The van der Waals surface area contributed by atoms with Crippen molar-refractivity contribution in [3.63, 3.8) is 0 Å². The molecule has 1 N–H and O–H groups in total.